The molecule has 0 radical (unpaired) electrons. The van der Waals surface area contributed by atoms with E-state index in [2.05, 4.69) is 22.3 Å². The molecule has 2 aliphatic rings. The van der Waals surface area contributed by atoms with E-state index >= 15 is 0 Å². The van der Waals surface area contributed by atoms with Gasteiger partial charge in [0.15, 0.2) is 0 Å². The molecule has 0 amide bonds. The van der Waals surface area contributed by atoms with Gasteiger partial charge in [-0.1, -0.05) is 18.2 Å². The van der Waals surface area contributed by atoms with E-state index in [0.717, 1.165) is 56.2 Å². The maximum absolute atomic E-state index is 11.6. The Hall–Kier alpha value is -2.80. The van der Waals surface area contributed by atoms with Gasteiger partial charge in [-0.3, -0.25) is 10.1 Å². The molecule has 0 unspecified atom stereocenters. The first kappa shape index (κ1) is 17.6. The zero-order valence-corrected chi connectivity index (χ0v) is 15.5. The van der Waals surface area contributed by atoms with Crippen LogP contribution in [0, 0.1) is 10.1 Å². The van der Waals surface area contributed by atoms with E-state index < -0.39 is 0 Å². The fourth-order valence-electron chi connectivity index (χ4n) is 4.03. The first-order valence-electron chi connectivity index (χ1n) is 9.31. The van der Waals surface area contributed by atoms with Gasteiger partial charge in [-0.15, -0.1) is 0 Å². The number of benzene rings is 2. The van der Waals surface area contributed by atoms with Crippen LogP contribution in [0.15, 0.2) is 36.4 Å². The number of fused-ring (bicyclic) bond motifs is 1. The average molecular weight is 368 g/mol. The van der Waals surface area contributed by atoms with Crippen molar-refractivity contribution in [2.45, 2.75) is 13.0 Å². The molecule has 0 saturated carbocycles. The molecule has 0 atom stereocenters. The predicted octanol–water partition coefficient (Wildman–Crippen LogP) is 3.04. The second-order valence-corrected chi connectivity index (χ2v) is 6.98. The summed E-state index contributed by atoms with van der Waals surface area (Å²) in [4.78, 5) is 15.7. The van der Waals surface area contributed by atoms with Gasteiger partial charge in [0, 0.05) is 56.2 Å². The summed E-state index contributed by atoms with van der Waals surface area (Å²) >= 11 is 0. The van der Waals surface area contributed by atoms with Crippen LogP contribution in [0.25, 0.3) is 0 Å². The predicted molar refractivity (Wildman–Crippen MR) is 107 cm³/mol. The number of nitro benzene ring substituents is 1. The Morgan fingerprint density at radius 3 is 2.78 bits per heavy atom. The highest BCUT2D eigenvalue weighted by molar-refractivity contribution is 5.78. The maximum atomic E-state index is 11.6. The Morgan fingerprint density at radius 1 is 1.22 bits per heavy atom. The van der Waals surface area contributed by atoms with Crippen LogP contribution in [-0.4, -0.2) is 44.8 Å². The van der Waals surface area contributed by atoms with Crippen molar-refractivity contribution < 1.29 is 9.66 Å². The molecular formula is C20H24N4O3. The molecule has 27 heavy (non-hydrogen) atoms. The molecule has 7 nitrogen and oxygen atoms in total. The minimum atomic E-state index is -0.279. The van der Waals surface area contributed by atoms with Gasteiger partial charge >= 0.3 is 0 Å². The molecule has 0 aromatic heterocycles. The molecule has 1 fully saturated rings. The number of hydrogen-bond donors (Lipinski definition) is 1. The Labute approximate surface area is 158 Å². The molecule has 2 aromatic rings. The quantitative estimate of drug-likeness (QED) is 0.646. The van der Waals surface area contributed by atoms with Gasteiger partial charge in [0.1, 0.15) is 5.69 Å². The fourth-order valence-corrected chi connectivity index (χ4v) is 4.03. The first-order chi connectivity index (χ1) is 13.1. The van der Waals surface area contributed by atoms with E-state index in [0.29, 0.717) is 6.54 Å². The number of hydrogen-bond acceptors (Lipinski definition) is 6. The molecule has 4 rings (SSSR count). The van der Waals surface area contributed by atoms with Crippen molar-refractivity contribution in [2.24, 2.45) is 0 Å². The summed E-state index contributed by atoms with van der Waals surface area (Å²) in [6.07, 6.45) is 0.807. The van der Waals surface area contributed by atoms with Crippen LogP contribution in [-0.2, 0) is 17.7 Å². The van der Waals surface area contributed by atoms with Crippen LogP contribution in [0.4, 0.5) is 22.7 Å². The summed E-state index contributed by atoms with van der Waals surface area (Å²) in [6.45, 7) is 4.63. The van der Waals surface area contributed by atoms with Crippen LogP contribution in [0.5, 0.6) is 0 Å². The topological polar surface area (TPSA) is 70.9 Å². The molecular weight excluding hydrogens is 344 g/mol. The molecule has 2 heterocycles. The van der Waals surface area contributed by atoms with Crippen molar-refractivity contribution in [1.82, 2.24) is 0 Å². The molecule has 2 aromatic carbocycles. The summed E-state index contributed by atoms with van der Waals surface area (Å²) < 4.78 is 5.47. The highest BCUT2D eigenvalue weighted by Gasteiger charge is 2.27. The van der Waals surface area contributed by atoms with Gasteiger partial charge in [0.05, 0.1) is 18.1 Å². The molecule has 142 valence electrons. The van der Waals surface area contributed by atoms with Crippen molar-refractivity contribution in [3.05, 3.63) is 57.6 Å². The number of ether oxygens (including phenoxy) is 1. The lowest BCUT2D eigenvalue weighted by Crippen LogP contribution is -2.37. The third-order valence-electron chi connectivity index (χ3n) is 5.28. The van der Waals surface area contributed by atoms with Crippen LogP contribution < -0.4 is 15.1 Å². The molecule has 1 saturated heterocycles. The lowest BCUT2D eigenvalue weighted by Gasteiger charge is -2.32. The van der Waals surface area contributed by atoms with Crippen molar-refractivity contribution in [1.29, 1.82) is 0 Å². The Kier molecular flexibility index (Phi) is 4.85. The third-order valence-corrected chi connectivity index (χ3v) is 5.28. The highest BCUT2D eigenvalue weighted by atomic mass is 16.6. The third kappa shape index (κ3) is 3.42. The zero-order valence-electron chi connectivity index (χ0n) is 15.5. The average Bonchev–Trinajstić information content (AvgIpc) is 3.17. The van der Waals surface area contributed by atoms with Crippen molar-refractivity contribution >= 4 is 22.7 Å². The number of para-hydroxylation sites is 1. The van der Waals surface area contributed by atoms with Crippen LogP contribution >= 0.6 is 0 Å². The van der Waals surface area contributed by atoms with Gasteiger partial charge in [-0.25, -0.2) is 0 Å². The van der Waals surface area contributed by atoms with Crippen molar-refractivity contribution in [2.75, 3.05) is 55.0 Å². The Bertz CT molecular complexity index is 849. The summed E-state index contributed by atoms with van der Waals surface area (Å²) in [5.41, 5.74) is 5.28. The molecule has 0 bridgehead atoms. The van der Waals surface area contributed by atoms with Gasteiger partial charge in [0.2, 0.25) is 0 Å². The second-order valence-electron chi connectivity index (χ2n) is 6.98. The van der Waals surface area contributed by atoms with Crippen molar-refractivity contribution in [3.8, 4) is 0 Å². The maximum Gasteiger partial charge on any atom is 0.292 e. The Balaban J connectivity index is 1.67. The van der Waals surface area contributed by atoms with Gasteiger partial charge in [-0.05, 0) is 24.1 Å². The SMILES string of the molecule is CN(Cc1ccccc1N1CCOCC1)c1c([N+](=O)[O-])ccc2c1CCN2. The van der Waals surface area contributed by atoms with E-state index in [1.807, 2.05) is 30.1 Å². The minimum absolute atomic E-state index is 0.170. The summed E-state index contributed by atoms with van der Waals surface area (Å²) in [7, 11) is 1.94. The van der Waals surface area contributed by atoms with Crippen LogP contribution in [0.3, 0.4) is 0 Å². The van der Waals surface area contributed by atoms with Crippen LogP contribution in [0.2, 0.25) is 0 Å². The van der Waals surface area contributed by atoms with Gasteiger partial charge in [0.25, 0.3) is 5.69 Å². The number of morpholine rings is 1. The number of rotatable bonds is 5. The summed E-state index contributed by atoms with van der Waals surface area (Å²) in [5, 5.41) is 14.9. The van der Waals surface area contributed by atoms with E-state index in [4.69, 9.17) is 4.74 Å². The molecule has 2 aliphatic heterocycles. The van der Waals surface area contributed by atoms with E-state index in [9.17, 15) is 10.1 Å². The largest absolute Gasteiger partial charge is 0.384 e. The molecule has 0 spiro atoms. The first-order valence-corrected chi connectivity index (χ1v) is 9.31. The standard InChI is InChI=1S/C20H24N4O3/c1-22(20-16-8-9-21-17(16)6-7-19(20)24(25)26)14-15-4-2-3-5-18(15)23-10-12-27-13-11-23/h2-7,21H,8-14H2,1H3. The fraction of sp³-hybridized carbons (Fsp3) is 0.400. The van der Waals surface area contributed by atoms with Gasteiger partial charge < -0.3 is 19.9 Å². The van der Waals surface area contributed by atoms with Crippen LogP contribution in [0.1, 0.15) is 11.1 Å². The lowest BCUT2D eigenvalue weighted by atomic mass is 10.1. The summed E-state index contributed by atoms with van der Waals surface area (Å²) in [6, 6.07) is 11.7. The number of nitro groups is 1. The Morgan fingerprint density at radius 2 is 2.00 bits per heavy atom. The second kappa shape index (κ2) is 7.44. The number of anilines is 3. The van der Waals surface area contributed by atoms with E-state index in [1.54, 1.807) is 6.07 Å². The van der Waals surface area contributed by atoms with Crippen molar-refractivity contribution in [3.63, 3.8) is 0 Å². The summed E-state index contributed by atoms with van der Waals surface area (Å²) in [5.74, 6) is 0. The van der Waals surface area contributed by atoms with Gasteiger partial charge in [-0.2, -0.15) is 0 Å². The molecule has 0 aliphatic carbocycles. The smallest absolute Gasteiger partial charge is 0.292 e. The number of nitrogens with zero attached hydrogens (tertiary/aromatic N) is 3. The number of nitrogens with one attached hydrogen (secondary N) is 1. The zero-order chi connectivity index (χ0) is 18.8. The van der Waals surface area contributed by atoms with E-state index in [1.165, 1.54) is 11.3 Å². The molecule has 7 heteroatoms. The molecule has 1 N–H and O–H groups in total. The lowest BCUT2D eigenvalue weighted by molar-refractivity contribution is -0.384. The highest BCUT2D eigenvalue weighted by Crippen LogP contribution is 2.40. The monoisotopic (exact) mass is 368 g/mol. The minimum Gasteiger partial charge on any atom is -0.384 e. The van der Waals surface area contributed by atoms with E-state index in [-0.39, 0.29) is 10.6 Å². The normalized spacial score (nSPS) is 16.0.